The first-order valence-corrected chi connectivity index (χ1v) is 8.10. The van der Waals surface area contributed by atoms with Crippen molar-refractivity contribution in [3.05, 3.63) is 72.2 Å². The van der Waals surface area contributed by atoms with Crippen molar-refractivity contribution in [3.8, 4) is 11.6 Å². The number of hydrogen-bond donors (Lipinski definition) is 0. The first kappa shape index (κ1) is 16.7. The molecule has 6 heteroatoms. The van der Waals surface area contributed by atoms with Crippen LogP contribution in [0.2, 0.25) is 0 Å². The summed E-state index contributed by atoms with van der Waals surface area (Å²) in [6.07, 6.45) is 5.24. The Balaban J connectivity index is 1.66. The van der Waals surface area contributed by atoms with Gasteiger partial charge >= 0.3 is 0 Å². The molecule has 0 N–H and O–H groups in total. The van der Waals surface area contributed by atoms with Gasteiger partial charge in [0.15, 0.2) is 0 Å². The minimum absolute atomic E-state index is 0.0944. The highest BCUT2D eigenvalue weighted by molar-refractivity contribution is 5.93. The number of benzene rings is 1. The number of pyridine rings is 1. The second-order valence-electron chi connectivity index (χ2n) is 5.61. The van der Waals surface area contributed by atoms with Gasteiger partial charge in [-0.25, -0.2) is 9.67 Å². The van der Waals surface area contributed by atoms with Gasteiger partial charge in [0.2, 0.25) is 5.88 Å². The second-order valence-corrected chi connectivity index (χ2v) is 5.61. The summed E-state index contributed by atoms with van der Waals surface area (Å²) in [6, 6.07) is 13.3. The normalized spacial score (nSPS) is 10.5. The van der Waals surface area contributed by atoms with Crippen LogP contribution in [0.25, 0.3) is 5.69 Å². The van der Waals surface area contributed by atoms with Crippen LogP contribution in [-0.2, 0) is 6.54 Å². The largest absolute Gasteiger partial charge is 0.478 e. The fourth-order valence-electron chi connectivity index (χ4n) is 2.47. The van der Waals surface area contributed by atoms with Gasteiger partial charge in [-0.2, -0.15) is 5.10 Å². The lowest BCUT2D eigenvalue weighted by molar-refractivity contribution is 0.0784. The molecule has 3 aromatic rings. The number of rotatable bonds is 6. The lowest BCUT2D eigenvalue weighted by atomic mass is 10.2. The zero-order valence-electron chi connectivity index (χ0n) is 14.3. The van der Waals surface area contributed by atoms with E-state index in [4.69, 9.17) is 4.74 Å². The van der Waals surface area contributed by atoms with Crippen LogP contribution in [-0.4, -0.2) is 39.2 Å². The summed E-state index contributed by atoms with van der Waals surface area (Å²) in [4.78, 5) is 18.3. The van der Waals surface area contributed by atoms with Crippen LogP contribution in [0, 0.1) is 0 Å². The van der Waals surface area contributed by atoms with Gasteiger partial charge in [0.25, 0.3) is 5.91 Å². The number of carbonyl (C=O) groups is 1. The van der Waals surface area contributed by atoms with Crippen LogP contribution in [0.15, 0.2) is 61.1 Å². The number of ether oxygens (including phenoxy) is 1. The quantitative estimate of drug-likeness (QED) is 0.694. The fraction of sp³-hybridized carbons (Fsp3) is 0.211. The fourth-order valence-corrected chi connectivity index (χ4v) is 2.47. The van der Waals surface area contributed by atoms with E-state index in [-0.39, 0.29) is 5.91 Å². The van der Waals surface area contributed by atoms with Crippen molar-refractivity contribution in [2.75, 3.05) is 13.7 Å². The van der Waals surface area contributed by atoms with Gasteiger partial charge in [0.1, 0.15) is 0 Å². The predicted molar refractivity (Wildman–Crippen MR) is 94.8 cm³/mol. The molecule has 25 heavy (non-hydrogen) atoms. The van der Waals surface area contributed by atoms with E-state index in [1.165, 1.54) is 6.20 Å². The molecule has 2 aromatic heterocycles. The topological polar surface area (TPSA) is 60.2 Å². The third-order valence-electron chi connectivity index (χ3n) is 3.70. The van der Waals surface area contributed by atoms with Crippen LogP contribution in [0.4, 0.5) is 0 Å². The van der Waals surface area contributed by atoms with Crippen LogP contribution in [0.3, 0.4) is 0 Å². The second kappa shape index (κ2) is 7.61. The van der Waals surface area contributed by atoms with Gasteiger partial charge in [-0.1, -0.05) is 18.2 Å². The molecular weight excluding hydrogens is 316 g/mol. The molecule has 0 spiro atoms. The molecule has 0 atom stereocenters. The zero-order chi connectivity index (χ0) is 17.6. The molecule has 0 fully saturated rings. The molecule has 1 amide bonds. The van der Waals surface area contributed by atoms with Gasteiger partial charge in [0, 0.05) is 37.6 Å². The van der Waals surface area contributed by atoms with Gasteiger partial charge in [-0.15, -0.1) is 0 Å². The van der Waals surface area contributed by atoms with E-state index in [9.17, 15) is 4.79 Å². The summed E-state index contributed by atoms with van der Waals surface area (Å²) in [5.74, 6) is 0.425. The Morgan fingerprint density at radius 3 is 2.64 bits per heavy atom. The smallest absolute Gasteiger partial charge is 0.255 e. The first-order chi connectivity index (χ1) is 12.2. The Hall–Kier alpha value is -3.15. The van der Waals surface area contributed by atoms with Gasteiger partial charge < -0.3 is 9.64 Å². The average molecular weight is 336 g/mol. The molecule has 0 bridgehead atoms. The molecule has 3 rings (SSSR count). The van der Waals surface area contributed by atoms with E-state index < -0.39 is 0 Å². The minimum atomic E-state index is -0.0944. The first-order valence-electron chi connectivity index (χ1n) is 8.10. The number of nitrogens with zero attached hydrogens (tertiary/aromatic N) is 4. The Labute approximate surface area is 146 Å². The maximum absolute atomic E-state index is 12.5. The van der Waals surface area contributed by atoms with Crippen LogP contribution in [0.1, 0.15) is 22.8 Å². The summed E-state index contributed by atoms with van der Waals surface area (Å²) in [5, 5.41) is 4.35. The van der Waals surface area contributed by atoms with E-state index in [1.54, 1.807) is 35.0 Å². The molecule has 128 valence electrons. The van der Waals surface area contributed by atoms with Crippen molar-refractivity contribution < 1.29 is 9.53 Å². The maximum Gasteiger partial charge on any atom is 0.255 e. The number of aromatic nitrogens is 3. The Morgan fingerprint density at radius 2 is 1.96 bits per heavy atom. The van der Waals surface area contributed by atoms with E-state index in [0.717, 1.165) is 11.3 Å². The molecule has 6 nitrogen and oxygen atoms in total. The molecule has 1 aromatic carbocycles. The van der Waals surface area contributed by atoms with Crippen molar-refractivity contribution in [1.82, 2.24) is 19.7 Å². The molecule has 0 aliphatic rings. The van der Waals surface area contributed by atoms with Crippen LogP contribution < -0.4 is 4.74 Å². The molecule has 0 unspecified atom stereocenters. The number of carbonyl (C=O) groups excluding carboxylic acids is 1. The molecule has 2 heterocycles. The van der Waals surface area contributed by atoms with Crippen LogP contribution in [0.5, 0.6) is 5.88 Å². The third-order valence-corrected chi connectivity index (χ3v) is 3.70. The van der Waals surface area contributed by atoms with E-state index in [0.29, 0.717) is 24.6 Å². The molecule has 0 saturated heterocycles. The summed E-state index contributed by atoms with van der Waals surface area (Å²) in [7, 11) is 1.76. The summed E-state index contributed by atoms with van der Waals surface area (Å²) >= 11 is 0. The average Bonchev–Trinajstić information content (AvgIpc) is 3.11. The SMILES string of the molecule is CCOc1ccc(C(=O)N(C)Cc2cnn(-c3ccccc3)c2)cn1. The highest BCUT2D eigenvalue weighted by Gasteiger charge is 2.14. The summed E-state index contributed by atoms with van der Waals surface area (Å²) in [6.45, 7) is 2.91. The van der Waals surface area contributed by atoms with Gasteiger partial charge in [-0.05, 0) is 25.1 Å². The number of amides is 1. The zero-order valence-corrected chi connectivity index (χ0v) is 14.3. The Kier molecular flexibility index (Phi) is 5.09. The van der Waals surface area contributed by atoms with E-state index in [2.05, 4.69) is 10.1 Å². The predicted octanol–water partition coefficient (Wildman–Crippen LogP) is 2.94. The molecule has 0 aliphatic heterocycles. The van der Waals surface area contributed by atoms with Crippen molar-refractivity contribution in [2.45, 2.75) is 13.5 Å². The lowest BCUT2D eigenvalue weighted by Gasteiger charge is -2.16. The maximum atomic E-state index is 12.5. The lowest BCUT2D eigenvalue weighted by Crippen LogP contribution is -2.26. The summed E-state index contributed by atoms with van der Waals surface area (Å²) < 4.78 is 7.09. The molecule has 0 aliphatic carbocycles. The van der Waals surface area contributed by atoms with Crippen molar-refractivity contribution >= 4 is 5.91 Å². The number of hydrogen-bond acceptors (Lipinski definition) is 4. The van der Waals surface area contributed by atoms with Gasteiger partial charge in [0.05, 0.1) is 24.1 Å². The Morgan fingerprint density at radius 1 is 1.16 bits per heavy atom. The van der Waals surface area contributed by atoms with E-state index in [1.807, 2.05) is 43.5 Å². The highest BCUT2D eigenvalue weighted by atomic mass is 16.5. The van der Waals surface area contributed by atoms with E-state index >= 15 is 0 Å². The van der Waals surface area contributed by atoms with Crippen molar-refractivity contribution in [1.29, 1.82) is 0 Å². The van der Waals surface area contributed by atoms with Crippen LogP contribution >= 0.6 is 0 Å². The molecule has 0 radical (unpaired) electrons. The minimum Gasteiger partial charge on any atom is -0.478 e. The summed E-state index contributed by atoms with van der Waals surface area (Å²) in [5.41, 5.74) is 2.47. The Bertz CT molecular complexity index is 828. The third kappa shape index (κ3) is 4.03. The van der Waals surface area contributed by atoms with Crippen molar-refractivity contribution in [3.63, 3.8) is 0 Å². The number of para-hydroxylation sites is 1. The highest BCUT2D eigenvalue weighted by Crippen LogP contribution is 2.13. The van der Waals surface area contributed by atoms with Crippen molar-refractivity contribution in [2.24, 2.45) is 0 Å². The standard InChI is InChI=1S/C19H20N4O2/c1-3-25-18-10-9-16(12-20-18)19(24)22(2)13-15-11-21-23(14-15)17-7-5-4-6-8-17/h4-12,14H,3,13H2,1-2H3. The molecule has 0 saturated carbocycles. The van der Waals surface area contributed by atoms with Gasteiger partial charge in [-0.3, -0.25) is 4.79 Å². The molecular formula is C19H20N4O2. The monoisotopic (exact) mass is 336 g/mol.